The fourth-order valence-electron chi connectivity index (χ4n) is 3.71. The zero-order valence-corrected chi connectivity index (χ0v) is 16.5. The molecule has 0 saturated carbocycles. The zero-order valence-electron chi connectivity index (χ0n) is 16.5. The van der Waals surface area contributed by atoms with Gasteiger partial charge in [0, 0.05) is 43.1 Å². The number of nitrogens with zero attached hydrogens (tertiary/aromatic N) is 6. The van der Waals surface area contributed by atoms with Gasteiger partial charge in [-0.15, -0.1) is 5.10 Å². The number of ether oxygens (including phenoxy) is 1. The number of carbonyl (C=O) groups is 1. The third-order valence-electron chi connectivity index (χ3n) is 5.23. The Hall–Kier alpha value is -3.65. The summed E-state index contributed by atoms with van der Waals surface area (Å²) >= 11 is 0. The van der Waals surface area contributed by atoms with Crippen molar-refractivity contribution < 1.29 is 9.53 Å². The van der Waals surface area contributed by atoms with Gasteiger partial charge in [-0.05, 0) is 42.3 Å². The minimum Gasteiger partial charge on any atom is -0.368 e. The SMILES string of the molecule is Cc1cncc(C(=O)N2CCO[C@@H](c3nnn4cc(-c5ccncc5)ccc34)C2)c1. The highest BCUT2D eigenvalue weighted by atomic mass is 16.5. The van der Waals surface area contributed by atoms with Crippen molar-refractivity contribution in [1.82, 2.24) is 29.7 Å². The minimum absolute atomic E-state index is 0.0454. The van der Waals surface area contributed by atoms with Crippen molar-refractivity contribution in [2.45, 2.75) is 13.0 Å². The Morgan fingerprint density at radius 3 is 2.80 bits per heavy atom. The molecule has 1 amide bonds. The maximum atomic E-state index is 12.9. The van der Waals surface area contributed by atoms with Crippen molar-refractivity contribution in [2.24, 2.45) is 0 Å². The van der Waals surface area contributed by atoms with Gasteiger partial charge in [-0.25, -0.2) is 4.52 Å². The van der Waals surface area contributed by atoms with E-state index >= 15 is 0 Å². The number of hydrogen-bond acceptors (Lipinski definition) is 6. The van der Waals surface area contributed by atoms with Crippen LogP contribution in [0.2, 0.25) is 0 Å². The van der Waals surface area contributed by atoms with Gasteiger partial charge >= 0.3 is 0 Å². The molecule has 30 heavy (non-hydrogen) atoms. The van der Waals surface area contributed by atoms with E-state index in [2.05, 4.69) is 20.3 Å². The Kier molecular flexibility index (Phi) is 4.68. The van der Waals surface area contributed by atoms with Gasteiger partial charge in [0.2, 0.25) is 0 Å². The van der Waals surface area contributed by atoms with Crippen molar-refractivity contribution in [2.75, 3.05) is 19.7 Å². The van der Waals surface area contributed by atoms with Crippen LogP contribution in [-0.4, -0.2) is 55.3 Å². The van der Waals surface area contributed by atoms with Crippen molar-refractivity contribution in [1.29, 1.82) is 0 Å². The molecule has 0 unspecified atom stereocenters. The number of amides is 1. The van der Waals surface area contributed by atoms with Crippen LogP contribution >= 0.6 is 0 Å². The van der Waals surface area contributed by atoms with Crippen LogP contribution in [0.5, 0.6) is 0 Å². The predicted octanol–water partition coefficient (Wildman–Crippen LogP) is 2.71. The summed E-state index contributed by atoms with van der Waals surface area (Å²) in [5.41, 5.74) is 5.22. The third-order valence-corrected chi connectivity index (χ3v) is 5.23. The number of fused-ring (bicyclic) bond motifs is 1. The van der Waals surface area contributed by atoms with Crippen molar-refractivity contribution >= 4 is 11.4 Å². The first-order chi connectivity index (χ1) is 14.7. The van der Waals surface area contributed by atoms with E-state index in [0.717, 1.165) is 27.9 Å². The lowest BCUT2D eigenvalue weighted by molar-refractivity contribution is -0.0241. The second kappa shape index (κ2) is 7.64. The van der Waals surface area contributed by atoms with Gasteiger partial charge in [0.05, 0.1) is 24.2 Å². The number of morpholine rings is 1. The molecule has 8 nitrogen and oxygen atoms in total. The summed E-state index contributed by atoms with van der Waals surface area (Å²) < 4.78 is 7.70. The number of hydrogen-bond donors (Lipinski definition) is 0. The average molecular weight is 400 g/mol. The van der Waals surface area contributed by atoms with Crippen LogP contribution in [0.15, 0.2) is 61.3 Å². The third kappa shape index (κ3) is 3.42. The Bertz CT molecular complexity index is 1210. The van der Waals surface area contributed by atoms with Crippen molar-refractivity contribution in [3.05, 3.63) is 78.1 Å². The first-order valence-corrected chi connectivity index (χ1v) is 9.77. The summed E-state index contributed by atoms with van der Waals surface area (Å²) in [5.74, 6) is -0.0454. The summed E-state index contributed by atoms with van der Waals surface area (Å²) in [4.78, 5) is 22.9. The van der Waals surface area contributed by atoms with Crippen LogP contribution in [0, 0.1) is 6.92 Å². The second-order valence-corrected chi connectivity index (χ2v) is 7.32. The molecule has 0 bridgehead atoms. The molecular weight excluding hydrogens is 380 g/mol. The quantitative estimate of drug-likeness (QED) is 0.526. The lowest BCUT2D eigenvalue weighted by Gasteiger charge is -2.32. The van der Waals surface area contributed by atoms with Gasteiger partial charge in [-0.3, -0.25) is 14.8 Å². The summed E-state index contributed by atoms with van der Waals surface area (Å²) in [6.45, 7) is 3.33. The van der Waals surface area contributed by atoms with Crippen molar-refractivity contribution in [3.63, 3.8) is 0 Å². The van der Waals surface area contributed by atoms with E-state index in [1.807, 2.05) is 43.5 Å². The Balaban J connectivity index is 1.40. The van der Waals surface area contributed by atoms with E-state index in [9.17, 15) is 4.79 Å². The van der Waals surface area contributed by atoms with E-state index in [4.69, 9.17) is 4.74 Å². The highest BCUT2D eigenvalue weighted by Crippen LogP contribution is 2.27. The Morgan fingerprint density at radius 2 is 1.97 bits per heavy atom. The normalized spacial score (nSPS) is 16.7. The summed E-state index contributed by atoms with van der Waals surface area (Å²) in [6, 6.07) is 9.77. The average Bonchev–Trinajstić information content (AvgIpc) is 3.22. The van der Waals surface area contributed by atoms with Crippen LogP contribution in [0.1, 0.15) is 27.7 Å². The Morgan fingerprint density at radius 1 is 1.10 bits per heavy atom. The van der Waals surface area contributed by atoms with Crippen LogP contribution in [0.4, 0.5) is 0 Å². The number of pyridine rings is 3. The summed E-state index contributed by atoms with van der Waals surface area (Å²) in [7, 11) is 0. The molecule has 1 aliphatic heterocycles. The van der Waals surface area contributed by atoms with Gasteiger partial charge in [0.1, 0.15) is 11.8 Å². The fraction of sp³-hybridized carbons (Fsp3) is 0.227. The van der Waals surface area contributed by atoms with Gasteiger partial charge in [0.25, 0.3) is 5.91 Å². The zero-order chi connectivity index (χ0) is 20.5. The van der Waals surface area contributed by atoms with Gasteiger partial charge in [-0.1, -0.05) is 11.3 Å². The second-order valence-electron chi connectivity index (χ2n) is 7.32. The molecule has 4 aromatic rings. The first kappa shape index (κ1) is 18.4. The molecule has 1 saturated heterocycles. The number of carbonyl (C=O) groups excluding carboxylic acids is 1. The van der Waals surface area contributed by atoms with Crippen LogP contribution < -0.4 is 0 Å². The monoisotopic (exact) mass is 400 g/mol. The molecule has 0 spiro atoms. The van der Waals surface area contributed by atoms with E-state index < -0.39 is 0 Å². The molecule has 8 heteroatoms. The maximum absolute atomic E-state index is 12.9. The number of aromatic nitrogens is 5. The largest absolute Gasteiger partial charge is 0.368 e. The van der Waals surface area contributed by atoms with E-state index in [0.29, 0.717) is 25.3 Å². The summed E-state index contributed by atoms with van der Waals surface area (Å²) in [5, 5.41) is 8.64. The molecule has 1 atom stereocenters. The molecule has 0 aliphatic carbocycles. The molecule has 5 heterocycles. The standard InChI is InChI=1S/C22H20N6O2/c1-15-10-18(12-24-11-15)22(29)27-8-9-30-20(14-27)21-19-3-2-17(13-28(19)26-25-21)16-4-6-23-7-5-16/h2-7,10-13,20H,8-9,14H2,1H3/t20-/m1/s1. The lowest BCUT2D eigenvalue weighted by Crippen LogP contribution is -2.42. The van der Waals surface area contributed by atoms with Gasteiger partial charge in [-0.2, -0.15) is 0 Å². The molecule has 0 aromatic carbocycles. The predicted molar refractivity (Wildman–Crippen MR) is 110 cm³/mol. The van der Waals surface area contributed by atoms with Crippen molar-refractivity contribution in [3.8, 4) is 11.1 Å². The highest BCUT2D eigenvalue weighted by molar-refractivity contribution is 5.94. The molecule has 0 N–H and O–H groups in total. The topological polar surface area (TPSA) is 85.5 Å². The molecule has 1 aliphatic rings. The van der Waals surface area contributed by atoms with Gasteiger partial charge < -0.3 is 9.64 Å². The lowest BCUT2D eigenvalue weighted by atomic mass is 10.1. The van der Waals surface area contributed by atoms with Crippen LogP contribution in [0.25, 0.3) is 16.6 Å². The summed E-state index contributed by atoms with van der Waals surface area (Å²) in [6.07, 6.45) is 8.47. The smallest absolute Gasteiger partial charge is 0.255 e. The fourth-order valence-corrected chi connectivity index (χ4v) is 3.71. The van der Waals surface area contributed by atoms with Crippen LogP contribution in [0.3, 0.4) is 0 Å². The maximum Gasteiger partial charge on any atom is 0.255 e. The first-order valence-electron chi connectivity index (χ1n) is 9.77. The number of aryl methyl sites for hydroxylation is 1. The molecule has 5 rings (SSSR count). The minimum atomic E-state index is -0.329. The molecule has 1 fully saturated rings. The Labute approximate surface area is 173 Å². The van der Waals surface area contributed by atoms with E-state index in [1.54, 1.807) is 34.2 Å². The number of rotatable bonds is 3. The molecular formula is C22H20N6O2. The van der Waals surface area contributed by atoms with Gasteiger partial charge in [0.15, 0.2) is 0 Å². The molecule has 0 radical (unpaired) electrons. The molecule has 150 valence electrons. The highest BCUT2D eigenvalue weighted by Gasteiger charge is 2.29. The van der Waals surface area contributed by atoms with E-state index in [-0.39, 0.29) is 12.0 Å². The molecule has 4 aromatic heterocycles. The van der Waals surface area contributed by atoms with Crippen LogP contribution in [-0.2, 0) is 4.74 Å². The van der Waals surface area contributed by atoms with E-state index in [1.165, 1.54) is 0 Å².